The Morgan fingerprint density at radius 1 is 1.47 bits per heavy atom. The van der Waals surface area contributed by atoms with Crippen molar-refractivity contribution in [2.45, 2.75) is 25.5 Å². The number of nitrogens with one attached hydrogen (secondary N) is 1. The van der Waals surface area contributed by atoms with Gasteiger partial charge in [0.25, 0.3) is 0 Å². The topological polar surface area (TPSA) is 24.5 Å². The summed E-state index contributed by atoms with van der Waals surface area (Å²) in [6, 6.07) is 8.80. The molecule has 0 saturated carbocycles. The molecule has 1 aromatic rings. The van der Waals surface area contributed by atoms with Crippen LogP contribution < -0.4 is 5.32 Å². The van der Waals surface area contributed by atoms with Crippen LogP contribution in [0.4, 0.5) is 0 Å². The summed E-state index contributed by atoms with van der Waals surface area (Å²) >= 11 is 3.63. The van der Waals surface area contributed by atoms with Gasteiger partial charge in [0.05, 0.1) is 12.7 Å². The highest BCUT2D eigenvalue weighted by Gasteiger charge is 2.26. The van der Waals surface area contributed by atoms with E-state index in [1.165, 1.54) is 10.0 Å². The first-order valence-electron chi connectivity index (χ1n) is 6.97. The van der Waals surface area contributed by atoms with E-state index in [9.17, 15) is 0 Å². The van der Waals surface area contributed by atoms with E-state index in [1.807, 2.05) is 0 Å². The monoisotopic (exact) mass is 326 g/mol. The van der Waals surface area contributed by atoms with Gasteiger partial charge in [0, 0.05) is 23.6 Å². The molecule has 1 fully saturated rings. The SMILES string of the molecule is CCNC(Cc1ccccc1Br)C1CN(C)CCO1. The summed E-state index contributed by atoms with van der Waals surface area (Å²) in [7, 11) is 2.16. The third kappa shape index (κ3) is 4.28. The number of nitrogens with zero attached hydrogens (tertiary/aromatic N) is 1. The van der Waals surface area contributed by atoms with Gasteiger partial charge in [-0.05, 0) is 31.6 Å². The van der Waals surface area contributed by atoms with Gasteiger partial charge in [-0.1, -0.05) is 41.1 Å². The van der Waals surface area contributed by atoms with E-state index >= 15 is 0 Å². The molecule has 2 atom stereocenters. The second-order valence-electron chi connectivity index (χ2n) is 5.13. The Bertz CT molecular complexity index is 399. The molecule has 0 bridgehead atoms. The van der Waals surface area contributed by atoms with Crippen LogP contribution in [-0.2, 0) is 11.2 Å². The zero-order valence-electron chi connectivity index (χ0n) is 11.7. The zero-order chi connectivity index (χ0) is 13.7. The van der Waals surface area contributed by atoms with E-state index in [1.54, 1.807) is 0 Å². The van der Waals surface area contributed by atoms with Gasteiger partial charge in [0.2, 0.25) is 0 Å². The minimum absolute atomic E-state index is 0.269. The van der Waals surface area contributed by atoms with E-state index in [2.05, 4.69) is 64.4 Å². The molecule has 1 aliphatic rings. The Kier molecular flexibility index (Phi) is 5.82. The molecule has 0 aromatic heterocycles. The van der Waals surface area contributed by atoms with Crippen molar-refractivity contribution in [3.05, 3.63) is 34.3 Å². The molecule has 4 heteroatoms. The van der Waals surface area contributed by atoms with E-state index in [0.717, 1.165) is 32.7 Å². The van der Waals surface area contributed by atoms with Gasteiger partial charge in [-0.15, -0.1) is 0 Å². The summed E-state index contributed by atoms with van der Waals surface area (Å²) in [5, 5.41) is 3.58. The number of hydrogen-bond donors (Lipinski definition) is 1. The molecule has 0 radical (unpaired) electrons. The van der Waals surface area contributed by atoms with Crippen LogP contribution in [0.15, 0.2) is 28.7 Å². The number of morpholine rings is 1. The van der Waals surface area contributed by atoms with Crippen LogP contribution >= 0.6 is 15.9 Å². The maximum Gasteiger partial charge on any atom is 0.0858 e. The Morgan fingerprint density at radius 3 is 2.95 bits per heavy atom. The molecule has 0 aliphatic carbocycles. The van der Waals surface area contributed by atoms with Crippen LogP contribution in [0.25, 0.3) is 0 Å². The summed E-state index contributed by atoms with van der Waals surface area (Å²) in [4.78, 5) is 2.35. The van der Waals surface area contributed by atoms with Crippen molar-refractivity contribution in [1.29, 1.82) is 0 Å². The summed E-state index contributed by atoms with van der Waals surface area (Å²) in [5.41, 5.74) is 1.34. The number of hydrogen-bond acceptors (Lipinski definition) is 3. The molecule has 3 nitrogen and oxygen atoms in total. The molecule has 1 aliphatic heterocycles. The Labute approximate surface area is 124 Å². The molecule has 1 aromatic carbocycles. The van der Waals surface area contributed by atoms with Crippen molar-refractivity contribution < 1.29 is 4.74 Å². The second kappa shape index (κ2) is 7.39. The number of benzene rings is 1. The van der Waals surface area contributed by atoms with Crippen molar-refractivity contribution in [2.24, 2.45) is 0 Å². The van der Waals surface area contributed by atoms with E-state index < -0.39 is 0 Å². The van der Waals surface area contributed by atoms with Crippen LogP contribution in [0.3, 0.4) is 0 Å². The molecule has 0 amide bonds. The second-order valence-corrected chi connectivity index (χ2v) is 5.99. The van der Waals surface area contributed by atoms with Gasteiger partial charge >= 0.3 is 0 Å². The lowest BCUT2D eigenvalue weighted by Gasteiger charge is -2.35. The van der Waals surface area contributed by atoms with Crippen LogP contribution in [0.5, 0.6) is 0 Å². The molecule has 0 spiro atoms. The standard InChI is InChI=1S/C15H23BrN2O/c1-3-17-14(15-11-18(2)8-9-19-15)10-12-6-4-5-7-13(12)16/h4-7,14-15,17H,3,8-11H2,1-2H3. The van der Waals surface area contributed by atoms with Crippen LogP contribution in [-0.4, -0.2) is 50.3 Å². The first kappa shape index (κ1) is 15.0. The van der Waals surface area contributed by atoms with Gasteiger partial charge in [0.15, 0.2) is 0 Å². The molecule has 106 valence electrons. The number of likely N-dealkylation sites (N-methyl/N-ethyl adjacent to an activating group) is 2. The van der Waals surface area contributed by atoms with Gasteiger partial charge in [0.1, 0.15) is 0 Å². The molecule has 2 rings (SSSR count). The Balaban J connectivity index is 2.05. The highest BCUT2D eigenvalue weighted by molar-refractivity contribution is 9.10. The summed E-state index contributed by atoms with van der Waals surface area (Å²) in [6.45, 7) is 5.99. The molecule has 1 heterocycles. The van der Waals surface area contributed by atoms with Crippen molar-refractivity contribution in [3.8, 4) is 0 Å². The maximum absolute atomic E-state index is 5.96. The van der Waals surface area contributed by atoms with Crippen molar-refractivity contribution in [2.75, 3.05) is 33.3 Å². The fraction of sp³-hybridized carbons (Fsp3) is 0.600. The zero-order valence-corrected chi connectivity index (χ0v) is 13.3. The van der Waals surface area contributed by atoms with Gasteiger partial charge in [-0.2, -0.15) is 0 Å². The van der Waals surface area contributed by atoms with Crippen molar-refractivity contribution >= 4 is 15.9 Å². The van der Waals surface area contributed by atoms with Crippen LogP contribution in [0, 0.1) is 0 Å². The largest absolute Gasteiger partial charge is 0.374 e. The van der Waals surface area contributed by atoms with Crippen LogP contribution in [0.1, 0.15) is 12.5 Å². The molecule has 19 heavy (non-hydrogen) atoms. The Morgan fingerprint density at radius 2 is 2.26 bits per heavy atom. The maximum atomic E-state index is 5.96. The average Bonchev–Trinajstić information content (AvgIpc) is 2.40. The quantitative estimate of drug-likeness (QED) is 0.898. The first-order valence-corrected chi connectivity index (χ1v) is 7.77. The van der Waals surface area contributed by atoms with Gasteiger partial charge in [-0.3, -0.25) is 0 Å². The smallest absolute Gasteiger partial charge is 0.0858 e. The predicted octanol–water partition coefficient (Wildman–Crippen LogP) is 2.30. The number of halogens is 1. The normalized spacial score (nSPS) is 22.4. The fourth-order valence-corrected chi connectivity index (χ4v) is 3.00. The lowest BCUT2D eigenvalue weighted by Crippen LogP contribution is -2.52. The summed E-state index contributed by atoms with van der Waals surface area (Å²) in [6.07, 6.45) is 1.26. The molecule has 1 saturated heterocycles. The van der Waals surface area contributed by atoms with Crippen molar-refractivity contribution in [3.63, 3.8) is 0 Å². The fourth-order valence-electron chi connectivity index (χ4n) is 2.55. The highest BCUT2D eigenvalue weighted by atomic mass is 79.9. The highest BCUT2D eigenvalue weighted by Crippen LogP contribution is 2.20. The first-order chi connectivity index (χ1) is 9.20. The summed E-state index contributed by atoms with van der Waals surface area (Å²) in [5.74, 6) is 0. The average molecular weight is 327 g/mol. The lowest BCUT2D eigenvalue weighted by atomic mass is 10.00. The minimum Gasteiger partial charge on any atom is -0.374 e. The third-order valence-electron chi connectivity index (χ3n) is 3.61. The molecular weight excluding hydrogens is 304 g/mol. The number of ether oxygens (including phenoxy) is 1. The minimum atomic E-state index is 0.269. The molecule has 2 unspecified atom stereocenters. The Hall–Kier alpha value is -0.420. The lowest BCUT2D eigenvalue weighted by molar-refractivity contribution is -0.0381. The third-order valence-corrected chi connectivity index (χ3v) is 4.38. The van der Waals surface area contributed by atoms with Gasteiger partial charge < -0.3 is 15.0 Å². The molecular formula is C15H23BrN2O. The summed E-state index contributed by atoms with van der Waals surface area (Å²) < 4.78 is 7.14. The van der Waals surface area contributed by atoms with Gasteiger partial charge in [-0.25, -0.2) is 0 Å². The molecule has 1 N–H and O–H groups in total. The number of rotatable bonds is 5. The van der Waals surface area contributed by atoms with E-state index in [0.29, 0.717) is 6.04 Å². The van der Waals surface area contributed by atoms with E-state index in [-0.39, 0.29) is 6.10 Å². The van der Waals surface area contributed by atoms with Crippen molar-refractivity contribution in [1.82, 2.24) is 10.2 Å². The predicted molar refractivity (Wildman–Crippen MR) is 82.5 cm³/mol. The van der Waals surface area contributed by atoms with E-state index in [4.69, 9.17) is 4.74 Å². The van der Waals surface area contributed by atoms with Crippen LogP contribution in [0.2, 0.25) is 0 Å².